The molecule has 0 bridgehead atoms. The SMILES string of the molecule is CC(C)c1ccc(N)c(C=NCC2CC2)c1. The highest BCUT2D eigenvalue weighted by atomic mass is 14.7. The molecule has 1 aromatic rings. The zero-order chi connectivity index (χ0) is 11.5. The van der Waals surface area contributed by atoms with Gasteiger partial charge in [0.15, 0.2) is 0 Å². The van der Waals surface area contributed by atoms with Crippen LogP contribution in [0, 0.1) is 5.92 Å². The number of nitrogen functional groups attached to an aromatic ring is 1. The molecule has 0 unspecified atom stereocenters. The van der Waals surface area contributed by atoms with E-state index < -0.39 is 0 Å². The van der Waals surface area contributed by atoms with E-state index in [9.17, 15) is 0 Å². The highest BCUT2D eigenvalue weighted by Gasteiger charge is 2.19. The van der Waals surface area contributed by atoms with E-state index in [1.54, 1.807) is 0 Å². The molecule has 86 valence electrons. The first kappa shape index (κ1) is 11.2. The van der Waals surface area contributed by atoms with E-state index in [-0.39, 0.29) is 0 Å². The van der Waals surface area contributed by atoms with Crippen molar-refractivity contribution in [1.29, 1.82) is 0 Å². The second-order valence-corrected chi connectivity index (χ2v) is 4.98. The van der Waals surface area contributed by atoms with Crippen LogP contribution >= 0.6 is 0 Å². The Kier molecular flexibility index (Phi) is 3.28. The maximum Gasteiger partial charge on any atom is 0.0417 e. The molecule has 0 radical (unpaired) electrons. The average molecular weight is 216 g/mol. The molecular weight excluding hydrogens is 196 g/mol. The second-order valence-electron chi connectivity index (χ2n) is 4.98. The average Bonchev–Trinajstić information content (AvgIpc) is 3.04. The Labute approximate surface area is 97.6 Å². The smallest absolute Gasteiger partial charge is 0.0417 e. The highest BCUT2D eigenvalue weighted by Crippen LogP contribution is 2.28. The van der Waals surface area contributed by atoms with Crippen molar-refractivity contribution in [2.75, 3.05) is 12.3 Å². The molecule has 0 heterocycles. The van der Waals surface area contributed by atoms with Gasteiger partial charge < -0.3 is 5.73 Å². The topological polar surface area (TPSA) is 38.4 Å². The lowest BCUT2D eigenvalue weighted by Crippen LogP contribution is -1.97. The highest BCUT2D eigenvalue weighted by molar-refractivity contribution is 5.87. The van der Waals surface area contributed by atoms with Crippen molar-refractivity contribution >= 4 is 11.9 Å². The van der Waals surface area contributed by atoms with Gasteiger partial charge in [0.1, 0.15) is 0 Å². The van der Waals surface area contributed by atoms with Crippen LogP contribution in [0.5, 0.6) is 0 Å². The third kappa shape index (κ3) is 2.84. The predicted octanol–water partition coefficient (Wildman–Crippen LogP) is 3.22. The lowest BCUT2D eigenvalue weighted by molar-refractivity contribution is 0.851. The van der Waals surface area contributed by atoms with E-state index >= 15 is 0 Å². The molecule has 2 rings (SSSR count). The summed E-state index contributed by atoms with van der Waals surface area (Å²) in [5.41, 5.74) is 9.14. The van der Waals surface area contributed by atoms with E-state index in [0.717, 1.165) is 23.7 Å². The first-order valence-corrected chi connectivity index (χ1v) is 6.06. The minimum Gasteiger partial charge on any atom is -0.398 e. The summed E-state index contributed by atoms with van der Waals surface area (Å²) < 4.78 is 0. The Morgan fingerprint density at radius 2 is 2.19 bits per heavy atom. The Morgan fingerprint density at radius 3 is 2.81 bits per heavy atom. The van der Waals surface area contributed by atoms with Gasteiger partial charge >= 0.3 is 0 Å². The molecule has 0 amide bonds. The monoisotopic (exact) mass is 216 g/mol. The Hall–Kier alpha value is -1.31. The van der Waals surface area contributed by atoms with Gasteiger partial charge in [-0.3, -0.25) is 4.99 Å². The molecule has 1 aliphatic rings. The number of hydrogen-bond acceptors (Lipinski definition) is 2. The predicted molar refractivity (Wildman–Crippen MR) is 70.1 cm³/mol. The number of nitrogens with two attached hydrogens (primary N) is 1. The normalized spacial score (nSPS) is 16.2. The molecule has 0 atom stereocenters. The minimum absolute atomic E-state index is 0.538. The van der Waals surface area contributed by atoms with E-state index in [2.05, 4.69) is 31.0 Å². The summed E-state index contributed by atoms with van der Waals surface area (Å²) >= 11 is 0. The summed E-state index contributed by atoms with van der Waals surface area (Å²) in [5.74, 6) is 1.38. The Bertz CT molecular complexity index is 390. The maximum atomic E-state index is 5.93. The number of aliphatic imine (C=N–C) groups is 1. The van der Waals surface area contributed by atoms with Crippen LogP contribution < -0.4 is 5.73 Å². The zero-order valence-electron chi connectivity index (χ0n) is 10.1. The van der Waals surface area contributed by atoms with Gasteiger partial charge in [-0.1, -0.05) is 19.9 Å². The van der Waals surface area contributed by atoms with Crippen LogP contribution in [0.15, 0.2) is 23.2 Å². The molecule has 16 heavy (non-hydrogen) atoms. The molecule has 0 aromatic heterocycles. The van der Waals surface area contributed by atoms with Gasteiger partial charge in [0.05, 0.1) is 0 Å². The third-order valence-electron chi connectivity index (χ3n) is 3.07. The van der Waals surface area contributed by atoms with Gasteiger partial charge in [-0.15, -0.1) is 0 Å². The summed E-state index contributed by atoms with van der Waals surface area (Å²) in [6.45, 7) is 5.35. The largest absolute Gasteiger partial charge is 0.398 e. The second kappa shape index (κ2) is 4.69. The summed E-state index contributed by atoms with van der Waals surface area (Å²) in [6.07, 6.45) is 4.62. The quantitative estimate of drug-likeness (QED) is 0.609. The third-order valence-corrected chi connectivity index (χ3v) is 3.07. The van der Waals surface area contributed by atoms with Gasteiger partial charge in [0, 0.05) is 24.0 Å². The maximum absolute atomic E-state index is 5.93. The standard InChI is InChI=1S/C14H20N2/c1-10(2)12-5-6-14(15)13(7-12)9-16-8-11-3-4-11/h5-7,9-11H,3-4,8,15H2,1-2H3. The lowest BCUT2D eigenvalue weighted by atomic mass is 10.0. The molecule has 1 aliphatic carbocycles. The lowest BCUT2D eigenvalue weighted by Gasteiger charge is -2.08. The summed E-state index contributed by atoms with van der Waals surface area (Å²) in [4.78, 5) is 4.46. The molecule has 0 saturated heterocycles. The van der Waals surface area contributed by atoms with E-state index in [1.165, 1.54) is 18.4 Å². The molecule has 1 aromatic carbocycles. The van der Waals surface area contributed by atoms with Gasteiger partial charge in [0.2, 0.25) is 0 Å². The molecule has 2 N–H and O–H groups in total. The van der Waals surface area contributed by atoms with Crippen molar-refractivity contribution in [3.63, 3.8) is 0 Å². The van der Waals surface area contributed by atoms with Crippen molar-refractivity contribution in [2.24, 2.45) is 10.9 Å². The van der Waals surface area contributed by atoms with Crippen LogP contribution in [0.3, 0.4) is 0 Å². The first-order chi connectivity index (χ1) is 7.66. The van der Waals surface area contributed by atoms with Crippen LogP contribution in [0.2, 0.25) is 0 Å². The number of rotatable bonds is 4. The Balaban J connectivity index is 2.10. The van der Waals surface area contributed by atoms with E-state index in [0.29, 0.717) is 5.92 Å². The van der Waals surface area contributed by atoms with E-state index in [1.807, 2.05) is 12.3 Å². The molecule has 2 nitrogen and oxygen atoms in total. The fourth-order valence-corrected chi connectivity index (χ4v) is 1.66. The number of hydrogen-bond donors (Lipinski definition) is 1. The van der Waals surface area contributed by atoms with Crippen molar-refractivity contribution in [1.82, 2.24) is 0 Å². The molecule has 0 aliphatic heterocycles. The molecule has 1 saturated carbocycles. The first-order valence-electron chi connectivity index (χ1n) is 6.06. The van der Waals surface area contributed by atoms with Crippen molar-refractivity contribution in [2.45, 2.75) is 32.6 Å². The van der Waals surface area contributed by atoms with Gasteiger partial charge in [-0.25, -0.2) is 0 Å². The van der Waals surface area contributed by atoms with Gasteiger partial charge in [-0.05, 0) is 42.4 Å². The zero-order valence-corrected chi connectivity index (χ0v) is 10.1. The van der Waals surface area contributed by atoms with Crippen molar-refractivity contribution in [3.05, 3.63) is 29.3 Å². The number of benzene rings is 1. The molecule has 1 fully saturated rings. The van der Waals surface area contributed by atoms with Crippen LogP contribution in [0.4, 0.5) is 5.69 Å². The summed E-state index contributed by atoms with van der Waals surface area (Å²) in [5, 5.41) is 0. The van der Waals surface area contributed by atoms with Gasteiger partial charge in [0.25, 0.3) is 0 Å². The molecular formula is C14H20N2. The van der Waals surface area contributed by atoms with Crippen LogP contribution in [0.1, 0.15) is 43.7 Å². The molecule has 0 spiro atoms. The van der Waals surface area contributed by atoms with Crippen LogP contribution in [0.25, 0.3) is 0 Å². The minimum atomic E-state index is 0.538. The Morgan fingerprint density at radius 1 is 1.44 bits per heavy atom. The fraction of sp³-hybridized carbons (Fsp3) is 0.500. The van der Waals surface area contributed by atoms with Crippen molar-refractivity contribution in [3.8, 4) is 0 Å². The van der Waals surface area contributed by atoms with Gasteiger partial charge in [-0.2, -0.15) is 0 Å². The van der Waals surface area contributed by atoms with Crippen LogP contribution in [-0.4, -0.2) is 12.8 Å². The van der Waals surface area contributed by atoms with Crippen LogP contribution in [-0.2, 0) is 0 Å². The number of nitrogens with zero attached hydrogens (tertiary/aromatic N) is 1. The van der Waals surface area contributed by atoms with E-state index in [4.69, 9.17) is 5.73 Å². The summed E-state index contributed by atoms with van der Waals surface area (Å²) in [6, 6.07) is 6.22. The van der Waals surface area contributed by atoms with Crippen molar-refractivity contribution < 1.29 is 0 Å². The fourth-order valence-electron chi connectivity index (χ4n) is 1.66. The molecule has 2 heteroatoms. The number of anilines is 1. The summed E-state index contributed by atoms with van der Waals surface area (Å²) in [7, 11) is 0.